The predicted octanol–water partition coefficient (Wildman–Crippen LogP) is 4.88. The maximum atomic E-state index is 13.9. The van der Waals surface area contributed by atoms with E-state index in [1.807, 2.05) is 0 Å². The van der Waals surface area contributed by atoms with Gasteiger partial charge < -0.3 is 4.90 Å². The van der Waals surface area contributed by atoms with E-state index in [-0.39, 0.29) is 16.9 Å². The third-order valence-electron chi connectivity index (χ3n) is 4.42. The van der Waals surface area contributed by atoms with Crippen LogP contribution in [-0.2, 0) is 0 Å². The van der Waals surface area contributed by atoms with E-state index in [4.69, 9.17) is 0 Å². The second-order valence-electron chi connectivity index (χ2n) is 6.88. The summed E-state index contributed by atoms with van der Waals surface area (Å²) >= 11 is 3.29. The summed E-state index contributed by atoms with van der Waals surface area (Å²) in [5.74, 6) is -0.0418. The third-order valence-corrected chi connectivity index (χ3v) is 5.08. The molecule has 0 bridgehead atoms. The Kier molecular flexibility index (Phi) is 5.07. The number of likely N-dealkylation sites (tertiary alicyclic amines) is 1. The molecule has 0 radical (unpaired) electrons. The Morgan fingerprint density at radius 2 is 2.00 bits per heavy atom. The molecular formula is C17H23BrFNO. The van der Waals surface area contributed by atoms with E-state index in [1.165, 1.54) is 6.07 Å². The molecular weight excluding hydrogens is 333 g/mol. The fraction of sp³-hybridized carbons (Fsp3) is 0.588. The van der Waals surface area contributed by atoms with Gasteiger partial charge in [0.05, 0.1) is 5.56 Å². The first-order chi connectivity index (χ1) is 9.80. The van der Waals surface area contributed by atoms with Crippen LogP contribution < -0.4 is 0 Å². The first-order valence-corrected chi connectivity index (χ1v) is 8.33. The fourth-order valence-corrected chi connectivity index (χ4v) is 3.54. The number of hydrogen-bond acceptors (Lipinski definition) is 1. The molecule has 1 unspecified atom stereocenters. The normalized spacial score (nSPS) is 20.2. The van der Waals surface area contributed by atoms with E-state index in [0.717, 1.165) is 19.3 Å². The maximum absolute atomic E-state index is 13.9. The highest BCUT2D eigenvalue weighted by Gasteiger charge is 2.29. The van der Waals surface area contributed by atoms with Crippen molar-refractivity contribution in [3.63, 3.8) is 0 Å². The minimum Gasteiger partial charge on any atom is -0.339 e. The lowest BCUT2D eigenvalue weighted by Gasteiger charge is -2.29. The highest BCUT2D eigenvalue weighted by Crippen LogP contribution is 2.34. The van der Waals surface area contributed by atoms with Crippen LogP contribution in [0.4, 0.5) is 4.39 Å². The monoisotopic (exact) mass is 355 g/mol. The molecule has 1 aliphatic heterocycles. The lowest BCUT2D eigenvalue weighted by Crippen LogP contribution is -2.33. The Hall–Kier alpha value is -0.900. The minimum absolute atomic E-state index is 0.159. The molecule has 1 aliphatic rings. The first kappa shape index (κ1) is 16.5. The molecule has 1 aromatic rings. The molecule has 0 aliphatic carbocycles. The van der Waals surface area contributed by atoms with Crippen LogP contribution >= 0.6 is 15.9 Å². The van der Waals surface area contributed by atoms with Crippen LogP contribution in [0.25, 0.3) is 0 Å². The van der Waals surface area contributed by atoms with Crippen LogP contribution in [0.15, 0.2) is 22.7 Å². The molecule has 116 valence electrons. The highest BCUT2D eigenvalue weighted by atomic mass is 79.9. The van der Waals surface area contributed by atoms with E-state index >= 15 is 0 Å². The molecule has 0 saturated carbocycles. The van der Waals surface area contributed by atoms with Gasteiger partial charge in [-0.2, -0.15) is 0 Å². The van der Waals surface area contributed by atoms with Gasteiger partial charge in [-0.3, -0.25) is 4.79 Å². The zero-order valence-corrected chi connectivity index (χ0v) is 14.5. The molecule has 1 fully saturated rings. The molecule has 0 aromatic heterocycles. The van der Waals surface area contributed by atoms with Gasteiger partial charge in [0.2, 0.25) is 0 Å². The van der Waals surface area contributed by atoms with Crippen LogP contribution in [0, 0.1) is 17.2 Å². The molecule has 1 aromatic carbocycles. The Morgan fingerprint density at radius 3 is 2.62 bits per heavy atom. The van der Waals surface area contributed by atoms with Gasteiger partial charge in [-0.15, -0.1) is 0 Å². The van der Waals surface area contributed by atoms with Crippen molar-refractivity contribution in [2.45, 2.75) is 40.0 Å². The van der Waals surface area contributed by atoms with Crippen molar-refractivity contribution in [3.8, 4) is 0 Å². The van der Waals surface area contributed by atoms with Gasteiger partial charge in [0.25, 0.3) is 5.91 Å². The topological polar surface area (TPSA) is 20.3 Å². The van der Waals surface area contributed by atoms with Gasteiger partial charge in [-0.25, -0.2) is 4.39 Å². The molecule has 1 heterocycles. The first-order valence-electron chi connectivity index (χ1n) is 7.54. The van der Waals surface area contributed by atoms with Gasteiger partial charge in [0.1, 0.15) is 5.82 Å². The van der Waals surface area contributed by atoms with Crippen molar-refractivity contribution >= 4 is 21.8 Å². The largest absolute Gasteiger partial charge is 0.339 e. The highest BCUT2D eigenvalue weighted by molar-refractivity contribution is 9.10. The summed E-state index contributed by atoms with van der Waals surface area (Å²) in [6.45, 7) is 8.18. The van der Waals surface area contributed by atoms with Crippen LogP contribution in [-0.4, -0.2) is 23.9 Å². The van der Waals surface area contributed by atoms with Gasteiger partial charge in [0.15, 0.2) is 0 Å². The van der Waals surface area contributed by atoms with Crippen LogP contribution in [0.5, 0.6) is 0 Å². The number of halogens is 2. The molecule has 0 spiro atoms. The molecule has 1 amide bonds. The van der Waals surface area contributed by atoms with E-state index in [0.29, 0.717) is 23.5 Å². The second-order valence-corrected chi connectivity index (χ2v) is 7.74. The van der Waals surface area contributed by atoms with E-state index in [1.54, 1.807) is 17.0 Å². The summed E-state index contributed by atoms with van der Waals surface area (Å²) in [6.07, 6.45) is 3.10. The van der Waals surface area contributed by atoms with Crippen molar-refractivity contribution in [2.75, 3.05) is 13.1 Å². The standard InChI is InChI=1S/C17H23BrFNO/c1-17(2,3)12-6-5-10-20(11-9-12)16(21)15-13(18)7-4-8-14(15)19/h4,7-8,12H,5-6,9-11H2,1-3H3. The van der Waals surface area contributed by atoms with Crippen LogP contribution in [0.1, 0.15) is 50.4 Å². The molecule has 1 atom stereocenters. The van der Waals surface area contributed by atoms with Gasteiger partial charge >= 0.3 is 0 Å². The quantitative estimate of drug-likeness (QED) is 0.703. The molecule has 2 nitrogen and oxygen atoms in total. The number of rotatable bonds is 1. The van der Waals surface area contributed by atoms with E-state index in [9.17, 15) is 9.18 Å². The average Bonchev–Trinajstić information content (AvgIpc) is 2.63. The van der Waals surface area contributed by atoms with Crippen LogP contribution in [0.3, 0.4) is 0 Å². The Labute approximate surface area is 134 Å². The number of benzene rings is 1. The Morgan fingerprint density at radius 1 is 1.29 bits per heavy atom. The van der Waals surface area contributed by atoms with Crippen LogP contribution in [0.2, 0.25) is 0 Å². The number of carbonyl (C=O) groups excluding carboxylic acids is 1. The average molecular weight is 356 g/mol. The molecule has 1 saturated heterocycles. The van der Waals surface area contributed by atoms with Crippen molar-refractivity contribution in [1.82, 2.24) is 4.90 Å². The molecule has 0 N–H and O–H groups in total. The number of nitrogens with zero attached hydrogens (tertiary/aromatic N) is 1. The number of carbonyl (C=O) groups is 1. The zero-order chi connectivity index (χ0) is 15.6. The third kappa shape index (κ3) is 3.85. The maximum Gasteiger partial charge on any atom is 0.257 e. The molecule has 21 heavy (non-hydrogen) atoms. The van der Waals surface area contributed by atoms with E-state index < -0.39 is 5.82 Å². The van der Waals surface area contributed by atoms with Crippen molar-refractivity contribution in [2.24, 2.45) is 11.3 Å². The lowest BCUT2D eigenvalue weighted by atomic mass is 9.77. The molecule has 2 rings (SSSR count). The summed E-state index contributed by atoms with van der Waals surface area (Å²) in [5.41, 5.74) is 0.421. The summed E-state index contributed by atoms with van der Waals surface area (Å²) in [4.78, 5) is 14.4. The fourth-order valence-electron chi connectivity index (χ4n) is 3.03. The van der Waals surface area contributed by atoms with Crippen molar-refractivity contribution < 1.29 is 9.18 Å². The molecule has 4 heteroatoms. The van der Waals surface area contributed by atoms with Crippen molar-refractivity contribution in [1.29, 1.82) is 0 Å². The van der Waals surface area contributed by atoms with Gasteiger partial charge in [0, 0.05) is 17.6 Å². The summed E-state index contributed by atoms with van der Waals surface area (Å²) < 4.78 is 14.5. The summed E-state index contributed by atoms with van der Waals surface area (Å²) in [6, 6.07) is 4.66. The lowest BCUT2D eigenvalue weighted by molar-refractivity contribution is 0.0750. The van der Waals surface area contributed by atoms with Gasteiger partial charge in [-0.1, -0.05) is 26.8 Å². The van der Waals surface area contributed by atoms with Gasteiger partial charge in [-0.05, 0) is 58.7 Å². The Balaban J connectivity index is 2.14. The number of amides is 1. The second kappa shape index (κ2) is 6.47. The summed E-state index contributed by atoms with van der Waals surface area (Å²) in [7, 11) is 0. The van der Waals surface area contributed by atoms with E-state index in [2.05, 4.69) is 36.7 Å². The van der Waals surface area contributed by atoms with Crippen molar-refractivity contribution in [3.05, 3.63) is 34.1 Å². The number of hydrogen-bond donors (Lipinski definition) is 0. The smallest absolute Gasteiger partial charge is 0.257 e. The Bertz CT molecular complexity index is 504. The summed E-state index contributed by atoms with van der Waals surface area (Å²) in [5, 5.41) is 0. The minimum atomic E-state index is -0.453. The zero-order valence-electron chi connectivity index (χ0n) is 13.0. The predicted molar refractivity (Wildman–Crippen MR) is 86.8 cm³/mol. The SMILES string of the molecule is CC(C)(C)C1CCCN(C(=O)c2c(F)cccc2Br)CC1.